The van der Waals surface area contributed by atoms with Crippen molar-refractivity contribution < 1.29 is 0 Å². The molecule has 0 N–H and O–H groups in total. The van der Waals surface area contributed by atoms with Gasteiger partial charge in [0.15, 0.2) is 0 Å². The number of fused-ring (bicyclic) bond motifs is 4. The van der Waals surface area contributed by atoms with Crippen LogP contribution in [0.4, 0.5) is 0 Å². The Kier molecular flexibility index (Phi) is 3.04. The first kappa shape index (κ1) is 12.1. The molecule has 0 aromatic carbocycles. The number of hydrogen-bond acceptors (Lipinski definition) is 0. The van der Waals surface area contributed by atoms with Gasteiger partial charge in [0.1, 0.15) is 0 Å². The highest BCUT2D eigenvalue weighted by atomic mass is 14.7. The van der Waals surface area contributed by atoms with Gasteiger partial charge in [-0.15, -0.1) is 0 Å². The van der Waals surface area contributed by atoms with Gasteiger partial charge in [-0.05, 0) is 54.3 Å². The maximum atomic E-state index is 2.62. The Morgan fingerprint density at radius 2 is 1.76 bits per heavy atom. The molecule has 0 amide bonds. The highest BCUT2D eigenvalue weighted by molar-refractivity contribution is 5.17. The molecule has 0 aromatic heterocycles. The van der Waals surface area contributed by atoms with Crippen LogP contribution in [0.1, 0.15) is 72.1 Å². The van der Waals surface area contributed by atoms with Gasteiger partial charge in [-0.2, -0.15) is 0 Å². The molecule has 0 saturated heterocycles. The summed E-state index contributed by atoms with van der Waals surface area (Å²) in [7, 11) is 0. The van der Waals surface area contributed by atoms with E-state index in [1.54, 1.807) is 12.8 Å². The molecule has 6 unspecified atom stereocenters. The highest BCUT2D eigenvalue weighted by Gasteiger charge is 2.69. The molecule has 0 aliphatic heterocycles. The topological polar surface area (TPSA) is 0 Å². The predicted octanol–water partition coefficient (Wildman–Crippen LogP) is 5.28. The van der Waals surface area contributed by atoms with E-state index in [1.165, 1.54) is 38.5 Å². The summed E-state index contributed by atoms with van der Waals surface area (Å²) in [6.07, 6.45) is 12.0. The summed E-state index contributed by atoms with van der Waals surface area (Å²) in [5.41, 5.74) is 0.734. The van der Waals surface area contributed by atoms with E-state index in [1.807, 2.05) is 0 Å². The zero-order valence-corrected chi connectivity index (χ0v) is 12.0. The largest absolute Gasteiger partial charge is 0.0654 e. The third-order valence-electron chi connectivity index (χ3n) is 6.95. The Morgan fingerprint density at radius 1 is 1.06 bits per heavy atom. The van der Waals surface area contributed by atoms with E-state index >= 15 is 0 Å². The lowest BCUT2D eigenvalue weighted by Crippen LogP contribution is -2.70. The maximum absolute atomic E-state index is 2.62. The van der Waals surface area contributed by atoms with E-state index < -0.39 is 0 Å². The lowest BCUT2D eigenvalue weighted by Gasteiger charge is -2.75. The third kappa shape index (κ3) is 1.48. The quantitative estimate of drug-likeness (QED) is 0.621. The minimum atomic E-state index is 0.734. The van der Waals surface area contributed by atoms with Crippen LogP contribution in [0.5, 0.6) is 0 Å². The van der Waals surface area contributed by atoms with E-state index in [9.17, 15) is 0 Å². The van der Waals surface area contributed by atoms with Gasteiger partial charge in [0.25, 0.3) is 0 Å². The molecule has 3 aliphatic carbocycles. The zero-order valence-electron chi connectivity index (χ0n) is 12.0. The molecule has 98 valence electrons. The molecule has 0 aromatic rings. The fourth-order valence-corrected chi connectivity index (χ4v) is 6.01. The Hall–Kier alpha value is 0. The molecule has 3 saturated carbocycles. The van der Waals surface area contributed by atoms with Crippen LogP contribution >= 0.6 is 0 Å². The molecule has 0 radical (unpaired) electrons. The van der Waals surface area contributed by atoms with E-state index in [0.29, 0.717) is 0 Å². The van der Waals surface area contributed by atoms with Gasteiger partial charge in [-0.1, -0.05) is 52.9 Å². The molecule has 3 rings (SSSR count). The standard InChI is InChI=1S/C17H30/c1-4-6-11-14-15-12-9-7-8-10-13(12)16(15)17(14,3)5-2/h12-16H,4-11H2,1-3H3. The van der Waals surface area contributed by atoms with Crippen LogP contribution in [0.2, 0.25) is 0 Å². The Labute approximate surface area is 108 Å². The number of hydrogen-bond donors (Lipinski definition) is 0. The molecule has 0 bridgehead atoms. The molecule has 3 aliphatic rings. The molecule has 0 spiro atoms. The van der Waals surface area contributed by atoms with Crippen molar-refractivity contribution in [3.63, 3.8) is 0 Å². The Bertz CT molecular complexity index is 282. The molecular weight excluding hydrogens is 204 g/mol. The van der Waals surface area contributed by atoms with Gasteiger partial charge in [-0.3, -0.25) is 0 Å². The fourth-order valence-electron chi connectivity index (χ4n) is 6.01. The van der Waals surface area contributed by atoms with Gasteiger partial charge in [0.2, 0.25) is 0 Å². The molecule has 6 atom stereocenters. The van der Waals surface area contributed by atoms with Crippen molar-refractivity contribution in [1.29, 1.82) is 0 Å². The second-order valence-electron chi connectivity index (χ2n) is 7.32. The second-order valence-corrected chi connectivity index (χ2v) is 7.32. The van der Waals surface area contributed by atoms with Crippen LogP contribution in [0.15, 0.2) is 0 Å². The van der Waals surface area contributed by atoms with Gasteiger partial charge in [-0.25, -0.2) is 0 Å². The van der Waals surface area contributed by atoms with E-state index in [0.717, 1.165) is 35.0 Å². The van der Waals surface area contributed by atoms with E-state index in [2.05, 4.69) is 20.8 Å². The zero-order chi connectivity index (χ0) is 12.0. The number of unbranched alkanes of at least 4 members (excludes halogenated alkanes) is 1. The number of rotatable bonds is 4. The van der Waals surface area contributed by atoms with Crippen LogP contribution in [0.25, 0.3) is 0 Å². The van der Waals surface area contributed by atoms with E-state index in [-0.39, 0.29) is 0 Å². The van der Waals surface area contributed by atoms with Crippen LogP contribution < -0.4 is 0 Å². The van der Waals surface area contributed by atoms with Crippen LogP contribution in [0, 0.1) is 35.0 Å². The summed E-state index contributed by atoms with van der Waals surface area (Å²) in [4.78, 5) is 0. The summed E-state index contributed by atoms with van der Waals surface area (Å²) in [5.74, 6) is 5.71. The summed E-state index contributed by atoms with van der Waals surface area (Å²) < 4.78 is 0. The first-order valence-corrected chi connectivity index (χ1v) is 8.24. The van der Waals surface area contributed by atoms with Crippen molar-refractivity contribution in [2.45, 2.75) is 72.1 Å². The molecule has 0 heterocycles. The lowest BCUT2D eigenvalue weighted by atomic mass is 9.30. The minimum Gasteiger partial charge on any atom is -0.0654 e. The predicted molar refractivity (Wildman–Crippen MR) is 73.8 cm³/mol. The summed E-state index contributed by atoms with van der Waals surface area (Å²) in [6, 6.07) is 0. The second kappa shape index (κ2) is 4.28. The van der Waals surface area contributed by atoms with Gasteiger partial charge in [0, 0.05) is 0 Å². The van der Waals surface area contributed by atoms with Gasteiger partial charge >= 0.3 is 0 Å². The summed E-state index contributed by atoms with van der Waals surface area (Å²) >= 11 is 0. The van der Waals surface area contributed by atoms with Crippen molar-refractivity contribution in [2.24, 2.45) is 35.0 Å². The molecule has 0 nitrogen and oxygen atoms in total. The third-order valence-corrected chi connectivity index (χ3v) is 6.95. The molecular formula is C17H30. The van der Waals surface area contributed by atoms with Crippen molar-refractivity contribution in [2.75, 3.05) is 0 Å². The average Bonchev–Trinajstić information content (AvgIpc) is 2.33. The molecule has 17 heavy (non-hydrogen) atoms. The Morgan fingerprint density at radius 3 is 2.41 bits per heavy atom. The highest BCUT2D eigenvalue weighted by Crippen LogP contribution is 2.75. The first-order chi connectivity index (χ1) is 8.24. The lowest BCUT2D eigenvalue weighted by molar-refractivity contribution is -0.273. The average molecular weight is 234 g/mol. The smallest absolute Gasteiger partial charge is 0.0263 e. The van der Waals surface area contributed by atoms with Gasteiger partial charge in [0.05, 0.1) is 0 Å². The maximum Gasteiger partial charge on any atom is -0.0263 e. The van der Waals surface area contributed by atoms with Crippen molar-refractivity contribution >= 4 is 0 Å². The van der Waals surface area contributed by atoms with Gasteiger partial charge < -0.3 is 0 Å². The van der Waals surface area contributed by atoms with Crippen molar-refractivity contribution in [1.82, 2.24) is 0 Å². The summed E-state index contributed by atoms with van der Waals surface area (Å²) in [5, 5.41) is 0. The van der Waals surface area contributed by atoms with Crippen molar-refractivity contribution in [3.05, 3.63) is 0 Å². The first-order valence-electron chi connectivity index (χ1n) is 8.24. The Balaban J connectivity index is 1.72. The fraction of sp³-hybridized carbons (Fsp3) is 1.00. The van der Waals surface area contributed by atoms with Crippen LogP contribution in [0.3, 0.4) is 0 Å². The monoisotopic (exact) mass is 234 g/mol. The van der Waals surface area contributed by atoms with E-state index in [4.69, 9.17) is 0 Å². The SMILES string of the molecule is CCCCC1C2C3CCCCC3C2C1(C)CC. The van der Waals surface area contributed by atoms with Crippen molar-refractivity contribution in [3.8, 4) is 0 Å². The molecule has 3 fully saturated rings. The van der Waals surface area contributed by atoms with Crippen LogP contribution in [-0.2, 0) is 0 Å². The summed E-state index contributed by atoms with van der Waals surface area (Å²) in [6.45, 7) is 7.42. The normalized spacial score (nSPS) is 52.1. The minimum absolute atomic E-state index is 0.734. The van der Waals surface area contributed by atoms with Crippen LogP contribution in [-0.4, -0.2) is 0 Å². The molecule has 0 heteroatoms.